The van der Waals surface area contributed by atoms with Crippen molar-refractivity contribution in [3.63, 3.8) is 0 Å². The first-order chi connectivity index (χ1) is 32.5. The quantitative estimate of drug-likeness (QED) is 0.101. The van der Waals surface area contributed by atoms with Gasteiger partial charge < -0.3 is 14.0 Å². The van der Waals surface area contributed by atoms with Crippen molar-refractivity contribution in [2.75, 3.05) is 0 Å². The number of hydrogen-bond acceptors (Lipinski definition) is 3. The summed E-state index contributed by atoms with van der Waals surface area (Å²) < 4.78 is 43.8. The zero-order valence-electron chi connectivity index (χ0n) is 44.5. The van der Waals surface area contributed by atoms with Crippen LogP contribution in [-0.4, -0.2) is 22.6 Å². The second-order valence-corrected chi connectivity index (χ2v) is 25.2. The summed E-state index contributed by atoms with van der Waals surface area (Å²) in [6, 6.07) is 49.7. The Hall–Kier alpha value is -5.39. The van der Waals surface area contributed by atoms with Gasteiger partial charge in [-0.1, -0.05) is 159 Å². The molecule has 1 radical (unpaired) electrons. The summed E-state index contributed by atoms with van der Waals surface area (Å²) in [6.07, 6.45) is -1.00. The molecule has 6 aromatic carbocycles. The molecule has 4 nitrogen and oxygen atoms in total. The molecule has 0 N–H and O–H groups in total. The van der Waals surface area contributed by atoms with Gasteiger partial charge in [0.15, 0.2) is 0 Å². The van der Waals surface area contributed by atoms with E-state index in [-0.39, 0.29) is 37.9 Å². The third-order valence-electron chi connectivity index (χ3n) is 11.6. The zero-order valence-corrected chi connectivity index (χ0v) is 43.9. The third-order valence-corrected chi connectivity index (χ3v) is 13.6. The minimum absolute atomic E-state index is 0. The van der Waals surface area contributed by atoms with Crippen LogP contribution in [0.15, 0.2) is 138 Å². The molecule has 0 aliphatic rings. The van der Waals surface area contributed by atoms with Crippen LogP contribution in [0, 0.1) is 23.5 Å². The number of aromatic nitrogens is 3. The monoisotopic (exact) mass is 1070 g/mol. The van der Waals surface area contributed by atoms with E-state index in [9.17, 15) is 0 Å². The molecule has 0 aliphatic heterocycles. The fourth-order valence-corrected chi connectivity index (χ4v) is 10.0. The van der Waals surface area contributed by atoms with Gasteiger partial charge in [0, 0.05) is 42.9 Å². The Bertz CT molecular complexity index is 3260. The van der Waals surface area contributed by atoms with Crippen LogP contribution in [0.2, 0.25) is 19.6 Å². The minimum atomic E-state index is -1.67. The van der Waals surface area contributed by atoms with Crippen LogP contribution in [0.25, 0.3) is 72.4 Å². The van der Waals surface area contributed by atoms with Crippen molar-refractivity contribution in [2.45, 2.75) is 107 Å². The normalized spacial score (nSPS) is 13.4. The first-order valence-electron chi connectivity index (χ1n) is 25.1. The SMILES string of the molecule is [2H]C([2H])(c1cc(-c2[c-]cccc2)ncc1[Si](C)(C)C)C(C)C.[2H]C([2H])(c1ccc2c(c1)oc1c(-c3nc4ccccc4n3-c3c(C(C)C)cc(-c4ccccc4)cc3C(C)C)[c-]ccc12)C(C)(C)C.[Ir]. The molecule has 6 heteroatoms. The first-order valence-corrected chi connectivity index (χ1v) is 26.6. The van der Waals surface area contributed by atoms with Gasteiger partial charge in [-0.2, -0.15) is 0 Å². The Kier molecular flexibility index (Phi) is 13.0. The maximum Gasteiger partial charge on any atom is 0.121 e. The number of hydrogen-bond donors (Lipinski definition) is 0. The standard InChI is InChI=1S/C42H41N2O.C18H24NSi.Ir/c1-26(2)34-23-30(29-14-9-8-10-15-29)24-35(27(3)4)39(34)44-37-19-12-11-18-36(37)43-41(44)33-17-13-16-32-31-21-20-28(25-42(5,6)7)22-38(31)45-40(32)33;1-14(2)11-16-12-17(15-9-7-6-8-10-15)19-13-18(16)20(3,4)5;/h8-16,18-24,26-27H,25H2,1-7H3;6-9,12-14H,11H2,1-5H3;/q2*-1;/i25D2;11D2;. The molecule has 9 aromatic rings. The Morgan fingerprint density at radius 2 is 1.41 bits per heavy atom. The first kappa shape index (κ1) is 43.2. The number of imidazole rings is 1. The van der Waals surface area contributed by atoms with Gasteiger partial charge in [-0.05, 0) is 105 Å². The van der Waals surface area contributed by atoms with E-state index in [1.165, 1.54) is 22.3 Å². The van der Waals surface area contributed by atoms with Gasteiger partial charge in [0.05, 0.1) is 30.5 Å². The number of benzene rings is 6. The number of furan rings is 1. The fraction of sp³-hybridized carbons (Fsp3) is 0.300. The van der Waals surface area contributed by atoms with Gasteiger partial charge in [-0.3, -0.25) is 4.98 Å². The smallest absolute Gasteiger partial charge is 0.121 e. The Morgan fingerprint density at radius 3 is 2.05 bits per heavy atom. The van der Waals surface area contributed by atoms with Crippen molar-refractivity contribution in [1.82, 2.24) is 14.5 Å². The molecule has 3 aromatic heterocycles. The minimum Gasteiger partial charge on any atom is -0.501 e. The average molecular weight is 1070 g/mol. The van der Waals surface area contributed by atoms with Crippen molar-refractivity contribution >= 4 is 46.2 Å². The van der Waals surface area contributed by atoms with Crippen molar-refractivity contribution in [3.8, 4) is 39.5 Å². The van der Waals surface area contributed by atoms with Crippen LogP contribution in [0.5, 0.6) is 0 Å². The van der Waals surface area contributed by atoms with E-state index in [0.29, 0.717) is 16.7 Å². The van der Waals surface area contributed by atoms with E-state index in [2.05, 4.69) is 130 Å². The van der Waals surface area contributed by atoms with Gasteiger partial charge in [-0.25, -0.2) is 0 Å². The van der Waals surface area contributed by atoms with Crippen LogP contribution in [0.1, 0.15) is 102 Å². The van der Waals surface area contributed by atoms with Crippen LogP contribution < -0.4 is 5.19 Å². The molecule has 0 saturated heterocycles. The molecular formula is C60H65IrN3OSi-2. The van der Waals surface area contributed by atoms with E-state index in [1.807, 2.05) is 108 Å². The van der Waals surface area contributed by atoms with E-state index in [1.54, 1.807) is 0 Å². The molecule has 0 atom stereocenters. The Labute approximate surface area is 413 Å². The van der Waals surface area contributed by atoms with E-state index in [0.717, 1.165) is 60.9 Å². The molecule has 0 spiro atoms. The van der Waals surface area contributed by atoms with Gasteiger partial charge in [-0.15, -0.1) is 54.1 Å². The largest absolute Gasteiger partial charge is 0.501 e. The predicted octanol–water partition coefficient (Wildman–Crippen LogP) is 16.2. The maximum absolute atomic E-state index is 8.88. The van der Waals surface area contributed by atoms with Gasteiger partial charge >= 0.3 is 0 Å². The molecular weight excluding hydrogens is 999 g/mol. The summed E-state index contributed by atoms with van der Waals surface area (Å²) >= 11 is 0. The zero-order chi connectivity index (χ0) is 49.8. The molecule has 9 rings (SSSR count). The number of fused-ring (bicyclic) bond motifs is 4. The van der Waals surface area contributed by atoms with Crippen molar-refractivity contribution < 1.29 is 30.0 Å². The van der Waals surface area contributed by atoms with Gasteiger partial charge in [0.25, 0.3) is 0 Å². The summed E-state index contributed by atoms with van der Waals surface area (Å²) in [4.78, 5) is 9.85. The molecule has 0 unspecified atom stereocenters. The fourth-order valence-electron chi connectivity index (χ4n) is 8.64. The van der Waals surface area contributed by atoms with E-state index in [4.69, 9.17) is 14.9 Å². The molecule has 3 heterocycles. The van der Waals surface area contributed by atoms with Crippen LogP contribution >= 0.6 is 0 Å². The summed E-state index contributed by atoms with van der Waals surface area (Å²) in [7, 11) is -1.67. The third kappa shape index (κ3) is 10.4. The molecule has 0 amide bonds. The van der Waals surface area contributed by atoms with Crippen LogP contribution in [0.3, 0.4) is 0 Å². The Morgan fingerprint density at radius 1 is 0.727 bits per heavy atom. The number of pyridine rings is 1. The maximum atomic E-state index is 8.88. The van der Waals surface area contributed by atoms with Gasteiger partial charge in [0.2, 0.25) is 0 Å². The molecule has 0 bridgehead atoms. The summed E-state index contributed by atoms with van der Waals surface area (Å²) in [5.41, 5.74) is 12.7. The van der Waals surface area contributed by atoms with Crippen molar-refractivity contribution in [1.29, 1.82) is 0 Å². The van der Waals surface area contributed by atoms with Gasteiger partial charge in [0.1, 0.15) is 5.58 Å². The van der Waals surface area contributed by atoms with Crippen molar-refractivity contribution in [2.24, 2.45) is 11.3 Å². The second-order valence-electron chi connectivity index (χ2n) is 20.2. The summed E-state index contributed by atoms with van der Waals surface area (Å²) in [5.74, 6) is 1.19. The molecule has 66 heavy (non-hydrogen) atoms. The van der Waals surface area contributed by atoms with Crippen molar-refractivity contribution in [3.05, 3.63) is 168 Å². The average Bonchev–Trinajstić information content (AvgIpc) is 3.89. The number of nitrogens with zero attached hydrogens (tertiary/aromatic N) is 3. The molecule has 0 fully saturated rings. The second kappa shape index (κ2) is 19.8. The van der Waals surface area contributed by atoms with E-state index < -0.39 is 26.2 Å². The van der Waals surface area contributed by atoms with E-state index >= 15 is 0 Å². The van der Waals surface area contributed by atoms with Crippen LogP contribution in [-0.2, 0) is 32.9 Å². The topological polar surface area (TPSA) is 43.9 Å². The number of rotatable bonds is 10. The number of para-hydroxylation sites is 2. The molecule has 0 aliphatic carbocycles. The molecule has 341 valence electrons. The summed E-state index contributed by atoms with van der Waals surface area (Å²) in [6.45, 7) is 25.4. The summed E-state index contributed by atoms with van der Waals surface area (Å²) in [5, 5.41) is 3.01. The van der Waals surface area contributed by atoms with Crippen LogP contribution in [0.4, 0.5) is 0 Å². The predicted molar refractivity (Wildman–Crippen MR) is 279 cm³/mol. The molecule has 0 saturated carbocycles. The Balaban J connectivity index is 0.000000264.